The molecular weight excluding hydrogens is 298 g/mol. The number of nitrogens with two attached hydrogens (primary N) is 1. The van der Waals surface area contributed by atoms with Gasteiger partial charge in [0.1, 0.15) is 0 Å². The van der Waals surface area contributed by atoms with E-state index in [1.165, 1.54) is 29.2 Å². The first kappa shape index (κ1) is 17.1. The van der Waals surface area contributed by atoms with Crippen LogP contribution in [0.4, 0.5) is 5.69 Å². The van der Waals surface area contributed by atoms with Gasteiger partial charge in [0.05, 0.1) is 11.5 Å². The average Bonchev–Trinajstić information content (AvgIpc) is 2.43. The van der Waals surface area contributed by atoms with Gasteiger partial charge < -0.3 is 15.3 Å². The Bertz CT molecular complexity index is 612. The van der Waals surface area contributed by atoms with Gasteiger partial charge in [0.25, 0.3) is 0 Å². The van der Waals surface area contributed by atoms with Gasteiger partial charge in [-0.3, -0.25) is 9.59 Å². The first-order chi connectivity index (χ1) is 9.79. The molecule has 0 atom stereocenters. The molecule has 21 heavy (non-hydrogen) atoms. The maximum absolute atomic E-state index is 11.8. The summed E-state index contributed by atoms with van der Waals surface area (Å²) in [5.41, 5.74) is 0.265. The van der Waals surface area contributed by atoms with E-state index in [2.05, 4.69) is 5.32 Å². The van der Waals surface area contributed by atoms with Gasteiger partial charge in [-0.05, 0) is 31.2 Å². The molecule has 0 aromatic heterocycles. The molecule has 0 fully saturated rings. The quantitative estimate of drug-likeness (QED) is 0.607. The van der Waals surface area contributed by atoms with Gasteiger partial charge in [-0.15, -0.1) is 0 Å². The molecule has 9 heteroatoms. The van der Waals surface area contributed by atoms with Gasteiger partial charge in [0.15, 0.2) is 0 Å². The summed E-state index contributed by atoms with van der Waals surface area (Å²) in [7, 11) is -3.80. The van der Waals surface area contributed by atoms with Crippen LogP contribution in [0.25, 0.3) is 0 Å². The smallest absolute Gasteiger partial charge is 0.313 e. The van der Waals surface area contributed by atoms with E-state index in [9.17, 15) is 18.0 Å². The zero-order valence-electron chi connectivity index (χ0n) is 11.4. The molecule has 0 aliphatic heterocycles. The zero-order chi connectivity index (χ0) is 16.0. The van der Waals surface area contributed by atoms with Crippen LogP contribution in [0.15, 0.2) is 29.2 Å². The maximum atomic E-state index is 11.8. The minimum Gasteiger partial charge on any atom is -0.395 e. The first-order valence-electron chi connectivity index (χ1n) is 6.13. The Kier molecular flexibility index (Phi) is 5.82. The molecule has 1 aromatic carbocycles. The number of nitrogens with one attached hydrogen (secondary N) is 1. The van der Waals surface area contributed by atoms with Crippen LogP contribution in [-0.4, -0.2) is 49.9 Å². The number of carbonyl (C=O) groups is 2. The van der Waals surface area contributed by atoms with Crippen molar-refractivity contribution in [2.75, 3.05) is 25.0 Å². The predicted octanol–water partition coefficient (Wildman–Crippen LogP) is -0.887. The highest BCUT2D eigenvalue weighted by molar-refractivity contribution is 7.89. The van der Waals surface area contributed by atoms with Gasteiger partial charge in [-0.2, -0.15) is 0 Å². The van der Waals surface area contributed by atoms with E-state index in [1.54, 1.807) is 6.92 Å². The van der Waals surface area contributed by atoms with E-state index in [0.29, 0.717) is 0 Å². The average molecular weight is 315 g/mol. The number of sulfonamides is 1. The number of carbonyl (C=O) groups excluding carboxylic acids is 2. The number of aliphatic hydroxyl groups is 1. The van der Waals surface area contributed by atoms with Crippen molar-refractivity contribution in [1.82, 2.24) is 4.90 Å². The molecule has 0 saturated carbocycles. The number of hydrogen-bond donors (Lipinski definition) is 3. The number of likely N-dealkylation sites (N-methyl/N-ethyl adjacent to an activating group) is 1. The number of aliphatic hydroxyl groups excluding tert-OH is 1. The van der Waals surface area contributed by atoms with Crippen molar-refractivity contribution in [1.29, 1.82) is 0 Å². The van der Waals surface area contributed by atoms with Crippen LogP contribution in [0.5, 0.6) is 0 Å². The first-order valence-corrected chi connectivity index (χ1v) is 7.68. The van der Waals surface area contributed by atoms with E-state index in [4.69, 9.17) is 10.2 Å². The van der Waals surface area contributed by atoms with Gasteiger partial charge in [-0.25, -0.2) is 13.6 Å². The highest BCUT2D eigenvalue weighted by atomic mass is 32.2. The predicted molar refractivity (Wildman–Crippen MR) is 75.8 cm³/mol. The van der Waals surface area contributed by atoms with E-state index in [-0.39, 0.29) is 30.3 Å². The highest BCUT2D eigenvalue weighted by Crippen LogP contribution is 2.12. The minimum absolute atomic E-state index is 0.0626. The van der Waals surface area contributed by atoms with Crippen molar-refractivity contribution < 1.29 is 23.1 Å². The van der Waals surface area contributed by atoms with Crippen molar-refractivity contribution in [3.05, 3.63) is 24.3 Å². The summed E-state index contributed by atoms with van der Waals surface area (Å²) < 4.78 is 22.2. The summed E-state index contributed by atoms with van der Waals surface area (Å²) in [4.78, 5) is 24.6. The molecule has 8 nitrogen and oxygen atoms in total. The number of anilines is 1. The van der Waals surface area contributed by atoms with Gasteiger partial charge in [0, 0.05) is 18.8 Å². The molecule has 1 aromatic rings. The van der Waals surface area contributed by atoms with Crippen LogP contribution < -0.4 is 10.5 Å². The molecule has 0 radical (unpaired) electrons. The summed E-state index contributed by atoms with van der Waals surface area (Å²) in [6.07, 6.45) is 0. The second kappa shape index (κ2) is 7.16. The van der Waals surface area contributed by atoms with Crippen LogP contribution in [-0.2, 0) is 19.6 Å². The van der Waals surface area contributed by atoms with Gasteiger partial charge in [0.2, 0.25) is 10.0 Å². The lowest BCUT2D eigenvalue weighted by molar-refractivity contribution is -0.143. The molecule has 0 aliphatic rings. The van der Waals surface area contributed by atoms with Crippen LogP contribution in [0.3, 0.4) is 0 Å². The third kappa shape index (κ3) is 4.81. The summed E-state index contributed by atoms with van der Waals surface area (Å²) in [5.74, 6) is -1.64. The van der Waals surface area contributed by atoms with E-state index < -0.39 is 21.8 Å². The Morgan fingerprint density at radius 3 is 2.29 bits per heavy atom. The summed E-state index contributed by atoms with van der Waals surface area (Å²) in [6, 6.07) is 5.10. The van der Waals surface area contributed by atoms with Gasteiger partial charge in [-0.1, -0.05) is 0 Å². The maximum Gasteiger partial charge on any atom is 0.313 e. The molecule has 0 spiro atoms. The lowest BCUT2D eigenvalue weighted by Gasteiger charge is -2.18. The zero-order valence-corrected chi connectivity index (χ0v) is 12.3. The molecular formula is C12H17N3O5S. The number of rotatable bonds is 5. The molecule has 0 aliphatic carbocycles. The van der Waals surface area contributed by atoms with E-state index >= 15 is 0 Å². The molecule has 2 amide bonds. The largest absolute Gasteiger partial charge is 0.395 e. The summed E-state index contributed by atoms with van der Waals surface area (Å²) >= 11 is 0. The number of amides is 2. The third-order valence-electron chi connectivity index (χ3n) is 2.67. The SMILES string of the molecule is CCN(CCO)C(=O)C(=O)Nc1ccc(S(N)(=O)=O)cc1. The number of primary sulfonamides is 1. The molecule has 116 valence electrons. The van der Waals surface area contributed by atoms with Crippen molar-refractivity contribution in [3.8, 4) is 0 Å². The number of benzene rings is 1. The van der Waals surface area contributed by atoms with Crippen LogP contribution in [0, 0.1) is 0 Å². The van der Waals surface area contributed by atoms with Crippen LogP contribution >= 0.6 is 0 Å². The fourth-order valence-corrected chi connectivity index (χ4v) is 2.10. The summed E-state index contributed by atoms with van der Waals surface area (Å²) in [5, 5.41) is 16.1. The lowest BCUT2D eigenvalue weighted by Crippen LogP contribution is -2.41. The Labute approximate surface area is 122 Å². The molecule has 0 unspecified atom stereocenters. The highest BCUT2D eigenvalue weighted by Gasteiger charge is 2.20. The third-order valence-corrected chi connectivity index (χ3v) is 3.60. The second-order valence-corrected chi connectivity index (χ2v) is 5.69. The molecule has 1 rings (SSSR count). The topological polar surface area (TPSA) is 130 Å². The normalized spacial score (nSPS) is 11.0. The van der Waals surface area contributed by atoms with Crippen molar-refractivity contribution in [3.63, 3.8) is 0 Å². The monoisotopic (exact) mass is 315 g/mol. The molecule has 0 saturated heterocycles. The van der Waals surface area contributed by atoms with Crippen molar-refractivity contribution in [2.24, 2.45) is 5.14 Å². The number of hydrogen-bond acceptors (Lipinski definition) is 5. The fraction of sp³-hybridized carbons (Fsp3) is 0.333. The Hall–Kier alpha value is -1.97. The fourth-order valence-electron chi connectivity index (χ4n) is 1.58. The van der Waals surface area contributed by atoms with Crippen LogP contribution in [0.1, 0.15) is 6.92 Å². The lowest BCUT2D eigenvalue weighted by atomic mass is 10.3. The van der Waals surface area contributed by atoms with E-state index in [0.717, 1.165) is 0 Å². The standard InChI is InChI=1S/C12H17N3O5S/c1-2-15(7-8-16)12(18)11(17)14-9-3-5-10(6-4-9)21(13,19)20/h3-6,16H,2,7-8H2,1H3,(H,14,17)(H2,13,19,20). The Morgan fingerprint density at radius 2 is 1.86 bits per heavy atom. The second-order valence-electron chi connectivity index (χ2n) is 4.13. The minimum atomic E-state index is -3.80. The number of nitrogens with zero attached hydrogens (tertiary/aromatic N) is 1. The molecule has 0 bridgehead atoms. The molecule has 4 N–H and O–H groups in total. The van der Waals surface area contributed by atoms with Crippen molar-refractivity contribution >= 4 is 27.5 Å². The van der Waals surface area contributed by atoms with Gasteiger partial charge >= 0.3 is 11.8 Å². The van der Waals surface area contributed by atoms with Crippen molar-refractivity contribution in [2.45, 2.75) is 11.8 Å². The van der Waals surface area contributed by atoms with Crippen LogP contribution in [0.2, 0.25) is 0 Å². The molecule has 0 heterocycles. The summed E-state index contributed by atoms with van der Waals surface area (Å²) in [6.45, 7) is 1.79. The Balaban J connectivity index is 2.77. The Morgan fingerprint density at radius 1 is 1.29 bits per heavy atom. The van der Waals surface area contributed by atoms with E-state index in [1.807, 2.05) is 0 Å².